The number of alkyl halides is 3. The number of aromatic nitrogens is 1. The van der Waals surface area contributed by atoms with Gasteiger partial charge in [-0.2, -0.15) is 13.2 Å². The van der Waals surface area contributed by atoms with Crippen molar-refractivity contribution in [1.82, 2.24) is 4.98 Å². The molecule has 0 saturated carbocycles. The van der Waals surface area contributed by atoms with Gasteiger partial charge in [-0.25, -0.2) is 4.98 Å². The molecule has 0 aliphatic rings. The summed E-state index contributed by atoms with van der Waals surface area (Å²) in [7, 11) is 0. The lowest BCUT2D eigenvalue weighted by molar-refractivity contribution is -0.157. The van der Waals surface area contributed by atoms with E-state index in [0.29, 0.717) is 16.1 Å². The van der Waals surface area contributed by atoms with Crippen LogP contribution in [0.2, 0.25) is 5.02 Å². The van der Waals surface area contributed by atoms with Crippen molar-refractivity contribution >= 4 is 11.6 Å². The van der Waals surface area contributed by atoms with Crippen molar-refractivity contribution in [2.75, 3.05) is 0 Å². The maximum atomic E-state index is 12.3. The zero-order valence-electron chi connectivity index (χ0n) is 8.96. The van der Waals surface area contributed by atoms with Gasteiger partial charge in [0.05, 0.1) is 0 Å². The summed E-state index contributed by atoms with van der Waals surface area (Å²) in [6.07, 6.45) is -3.65. The minimum Gasteiger partial charge on any atom is -0.441 e. The van der Waals surface area contributed by atoms with E-state index in [0.717, 1.165) is 6.26 Å². The van der Waals surface area contributed by atoms with E-state index in [-0.39, 0.29) is 12.2 Å². The van der Waals surface area contributed by atoms with Gasteiger partial charge in [0.15, 0.2) is 0 Å². The number of hydrogen-bond acceptors (Lipinski definition) is 3. The highest BCUT2D eigenvalue weighted by molar-refractivity contribution is 6.31. The fraction of sp³-hybridized carbons (Fsp3) is 0.182. The number of benzene rings is 1. The molecule has 18 heavy (non-hydrogen) atoms. The second-order valence-electron chi connectivity index (χ2n) is 3.55. The molecular formula is C11H8ClF3N2O. The first-order chi connectivity index (χ1) is 8.41. The topological polar surface area (TPSA) is 52.0 Å². The number of nitrogens with two attached hydrogens (primary N) is 1. The molecule has 2 rings (SSSR count). The highest BCUT2D eigenvalue weighted by Gasteiger charge is 2.37. The van der Waals surface area contributed by atoms with E-state index in [1.807, 2.05) is 0 Å². The second-order valence-corrected chi connectivity index (χ2v) is 3.95. The van der Waals surface area contributed by atoms with E-state index >= 15 is 0 Å². The highest BCUT2D eigenvalue weighted by atomic mass is 35.5. The van der Waals surface area contributed by atoms with Gasteiger partial charge in [0.2, 0.25) is 0 Å². The van der Waals surface area contributed by atoms with Crippen LogP contribution in [0.5, 0.6) is 0 Å². The third-order valence-corrected chi connectivity index (χ3v) is 2.68. The van der Waals surface area contributed by atoms with Gasteiger partial charge < -0.3 is 10.2 Å². The molecule has 0 aliphatic heterocycles. The summed E-state index contributed by atoms with van der Waals surface area (Å²) in [5.41, 5.74) is 6.66. The minimum atomic E-state index is -4.60. The lowest BCUT2D eigenvalue weighted by Crippen LogP contribution is -2.04. The Morgan fingerprint density at radius 3 is 2.61 bits per heavy atom. The molecule has 0 radical (unpaired) electrons. The fourth-order valence-electron chi connectivity index (χ4n) is 1.43. The zero-order chi connectivity index (χ0) is 13.3. The molecule has 0 aliphatic carbocycles. The summed E-state index contributed by atoms with van der Waals surface area (Å²) in [6, 6.07) is 4.70. The molecule has 1 heterocycles. The Hall–Kier alpha value is -1.53. The van der Waals surface area contributed by atoms with E-state index < -0.39 is 12.1 Å². The van der Waals surface area contributed by atoms with E-state index in [9.17, 15) is 13.2 Å². The molecule has 2 aromatic rings. The largest absolute Gasteiger partial charge is 0.468 e. The SMILES string of the molecule is NCc1cc(-c2coc(C(F)(F)F)n2)ccc1Cl. The molecule has 1 aromatic carbocycles. The van der Waals surface area contributed by atoms with Gasteiger partial charge in [0, 0.05) is 17.1 Å². The van der Waals surface area contributed by atoms with Crippen molar-refractivity contribution < 1.29 is 17.6 Å². The van der Waals surface area contributed by atoms with Crippen molar-refractivity contribution in [3.8, 4) is 11.3 Å². The Balaban J connectivity index is 2.40. The maximum Gasteiger partial charge on any atom is 0.468 e. The van der Waals surface area contributed by atoms with E-state index in [4.69, 9.17) is 17.3 Å². The number of rotatable bonds is 2. The Morgan fingerprint density at radius 1 is 1.33 bits per heavy atom. The Labute approximate surface area is 105 Å². The number of hydrogen-bond donors (Lipinski definition) is 1. The average Bonchev–Trinajstić information content (AvgIpc) is 2.78. The molecule has 0 unspecified atom stereocenters. The van der Waals surface area contributed by atoms with Crippen LogP contribution in [0, 0.1) is 0 Å². The van der Waals surface area contributed by atoms with E-state index in [1.54, 1.807) is 18.2 Å². The van der Waals surface area contributed by atoms with Crippen molar-refractivity contribution in [3.63, 3.8) is 0 Å². The van der Waals surface area contributed by atoms with Crippen molar-refractivity contribution in [2.45, 2.75) is 12.7 Å². The molecule has 7 heteroatoms. The second kappa shape index (κ2) is 4.62. The van der Waals surface area contributed by atoms with Crippen LogP contribution in [0.15, 0.2) is 28.9 Å². The Bertz CT molecular complexity index is 566. The monoisotopic (exact) mass is 276 g/mol. The predicted octanol–water partition coefficient (Wildman–Crippen LogP) is 3.47. The molecule has 3 nitrogen and oxygen atoms in total. The average molecular weight is 277 g/mol. The molecule has 0 amide bonds. The van der Waals surface area contributed by atoms with Gasteiger partial charge in [0.1, 0.15) is 12.0 Å². The standard InChI is InChI=1S/C11H8ClF3N2O/c12-8-2-1-6(3-7(8)4-16)9-5-18-10(17-9)11(13,14)15/h1-3,5H,4,16H2. The van der Waals surface area contributed by atoms with Crippen LogP contribution in [0.3, 0.4) is 0 Å². The molecule has 96 valence electrons. The summed E-state index contributed by atoms with van der Waals surface area (Å²) in [4.78, 5) is 3.38. The van der Waals surface area contributed by atoms with Crippen LogP contribution in [-0.4, -0.2) is 4.98 Å². The van der Waals surface area contributed by atoms with Gasteiger partial charge in [-0.1, -0.05) is 17.7 Å². The molecule has 0 fully saturated rings. The minimum absolute atomic E-state index is 0.0914. The van der Waals surface area contributed by atoms with E-state index in [2.05, 4.69) is 9.40 Å². The van der Waals surface area contributed by atoms with Crippen LogP contribution in [0.4, 0.5) is 13.2 Å². The first kappa shape index (κ1) is 12.9. The smallest absolute Gasteiger partial charge is 0.441 e. The summed E-state index contributed by atoms with van der Waals surface area (Å²) in [5.74, 6) is -1.28. The summed E-state index contributed by atoms with van der Waals surface area (Å²) in [6.45, 7) is 0.191. The lowest BCUT2D eigenvalue weighted by Gasteiger charge is -2.03. The molecular weight excluding hydrogens is 269 g/mol. The molecule has 2 N–H and O–H groups in total. The van der Waals surface area contributed by atoms with Gasteiger partial charge in [-0.15, -0.1) is 0 Å². The summed E-state index contributed by atoms with van der Waals surface area (Å²) < 4.78 is 41.4. The first-order valence-corrected chi connectivity index (χ1v) is 5.31. The fourth-order valence-corrected chi connectivity index (χ4v) is 1.62. The van der Waals surface area contributed by atoms with Crippen molar-refractivity contribution in [1.29, 1.82) is 0 Å². The quantitative estimate of drug-likeness (QED) is 0.914. The van der Waals surface area contributed by atoms with Crippen LogP contribution < -0.4 is 5.73 Å². The number of halogens is 4. The molecule has 1 aromatic heterocycles. The van der Waals surface area contributed by atoms with Crippen LogP contribution >= 0.6 is 11.6 Å². The van der Waals surface area contributed by atoms with Crippen molar-refractivity contribution in [2.24, 2.45) is 5.73 Å². The number of oxazole rings is 1. The third kappa shape index (κ3) is 2.49. The van der Waals surface area contributed by atoms with Gasteiger partial charge in [0.25, 0.3) is 0 Å². The van der Waals surface area contributed by atoms with Gasteiger partial charge >= 0.3 is 12.1 Å². The lowest BCUT2D eigenvalue weighted by atomic mass is 10.1. The highest BCUT2D eigenvalue weighted by Crippen LogP contribution is 2.31. The molecule has 0 atom stereocenters. The Morgan fingerprint density at radius 2 is 2.06 bits per heavy atom. The van der Waals surface area contributed by atoms with Gasteiger partial charge in [-0.3, -0.25) is 0 Å². The zero-order valence-corrected chi connectivity index (χ0v) is 9.72. The normalized spacial score (nSPS) is 11.8. The molecule has 0 saturated heterocycles. The van der Waals surface area contributed by atoms with Crippen molar-refractivity contribution in [3.05, 3.63) is 40.9 Å². The van der Waals surface area contributed by atoms with Crippen LogP contribution in [-0.2, 0) is 12.7 Å². The Kier molecular flexibility index (Phi) is 3.32. The summed E-state index contributed by atoms with van der Waals surface area (Å²) >= 11 is 5.86. The maximum absolute atomic E-state index is 12.3. The van der Waals surface area contributed by atoms with Crippen LogP contribution in [0.25, 0.3) is 11.3 Å². The predicted molar refractivity (Wildman–Crippen MR) is 59.8 cm³/mol. The summed E-state index contributed by atoms with van der Waals surface area (Å²) in [5, 5.41) is 0.459. The van der Waals surface area contributed by atoms with Gasteiger partial charge in [-0.05, 0) is 17.7 Å². The molecule has 0 bridgehead atoms. The van der Waals surface area contributed by atoms with E-state index in [1.165, 1.54) is 0 Å². The third-order valence-electron chi connectivity index (χ3n) is 2.31. The first-order valence-electron chi connectivity index (χ1n) is 4.93. The number of nitrogens with zero attached hydrogens (tertiary/aromatic N) is 1. The van der Waals surface area contributed by atoms with Crippen LogP contribution in [0.1, 0.15) is 11.5 Å². The molecule has 0 spiro atoms.